The first-order valence-corrected chi connectivity index (χ1v) is 5.02. The van der Waals surface area contributed by atoms with Crippen LogP contribution in [0.4, 0.5) is 5.69 Å². The largest absolute Gasteiger partial charge is 0.387 e. The molecule has 0 aliphatic rings. The first-order valence-electron chi connectivity index (χ1n) is 4.22. The summed E-state index contributed by atoms with van der Waals surface area (Å²) >= 11 is 3.40. The van der Waals surface area contributed by atoms with Crippen LogP contribution in [-0.2, 0) is 0 Å². The second kappa shape index (κ2) is 4.42. The van der Waals surface area contributed by atoms with Gasteiger partial charge in [0, 0.05) is 10.9 Å². The van der Waals surface area contributed by atoms with Crippen molar-refractivity contribution in [2.75, 3.05) is 0 Å². The monoisotopic (exact) mass is 240 g/mol. The van der Waals surface area contributed by atoms with Gasteiger partial charge in [-0.2, -0.15) is 0 Å². The predicted molar refractivity (Wildman–Crippen MR) is 60.5 cm³/mol. The Bertz CT molecular complexity index is 332. The normalized spacial score (nSPS) is 11.8. The molecular weight excluding hydrogens is 228 g/mol. The van der Waals surface area contributed by atoms with E-state index < -0.39 is 0 Å². The first kappa shape index (κ1) is 10.3. The van der Waals surface area contributed by atoms with Gasteiger partial charge in [-0.1, -0.05) is 22.9 Å². The molecule has 0 spiro atoms. The molecule has 0 unspecified atom stereocenters. The van der Waals surface area contributed by atoms with Crippen LogP contribution in [0.1, 0.15) is 18.9 Å². The number of nitrogens with two attached hydrogens (primary N) is 1. The SMILES string of the molecule is CCC(N)=Nc1ccc(Br)cc1C. The van der Waals surface area contributed by atoms with Crippen LogP contribution in [0.3, 0.4) is 0 Å². The zero-order valence-electron chi connectivity index (χ0n) is 7.84. The fourth-order valence-corrected chi connectivity index (χ4v) is 1.45. The van der Waals surface area contributed by atoms with Crippen LogP contribution < -0.4 is 5.73 Å². The van der Waals surface area contributed by atoms with Crippen molar-refractivity contribution >= 4 is 27.5 Å². The van der Waals surface area contributed by atoms with E-state index in [1.807, 2.05) is 32.0 Å². The van der Waals surface area contributed by atoms with Crippen LogP contribution >= 0.6 is 15.9 Å². The number of halogens is 1. The van der Waals surface area contributed by atoms with E-state index in [2.05, 4.69) is 20.9 Å². The summed E-state index contributed by atoms with van der Waals surface area (Å²) in [4.78, 5) is 4.29. The molecule has 0 aliphatic heterocycles. The number of aliphatic imine (C=N–C) groups is 1. The molecule has 70 valence electrons. The molecule has 1 rings (SSSR count). The Morgan fingerprint density at radius 2 is 2.23 bits per heavy atom. The van der Waals surface area contributed by atoms with Crippen molar-refractivity contribution < 1.29 is 0 Å². The minimum atomic E-state index is 0.672. The highest BCUT2D eigenvalue weighted by Gasteiger charge is 1.97. The molecule has 0 aromatic heterocycles. The standard InChI is InChI=1S/C10H13BrN2/c1-3-10(12)13-9-5-4-8(11)6-7(9)2/h4-6H,3H2,1-2H3,(H2,12,13). The second-order valence-electron chi connectivity index (χ2n) is 2.89. The summed E-state index contributed by atoms with van der Waals surface area (Å²) in [5, 5.41) is 0. The topological polar surface area (TPSA) is 38.4 Å². The summed E-state index contributed by atoms with van der Waals surface area (Å²) in [5.41, 5.74) is 7.73. The summed E-state index contributed by atoms with van der Waals surface area (Å²) in [6.45, 7) is 4.01. The van der Waals surface area contributed by atoms with Crippen LogP contribution in [-0.4, -0.2) is 5.84 Å². The van der Waals surface area contributed by atoms with E-state index >= 15 is 0 Å². The van der Waals surface area contributed by atoms with Crippen molar-refractivity contribution in [2.24, 2.45) is 10.7 Å². The smallest absolute Gasteiger partial charge is 0.0993 e. The molecule has 0 saturated heterocycles. The van der Waals surface area contributed by atoms with Gasteiger partial charge in [0.05, 0.1) is 11.5 Å². The lowest BCUT2D eigenvalue weighted by atomic mass is 10.2. The molecule has 0 amide bonds. The van der Waals surface area contributed by atoms with Crippen LogP contribution in [0.15, 0.2) is 27.7 Å². The van der Waals surface area contributed by atoms with Crippen molar-refractivity contribution in [1.29, 1.82) is 0 Å². The fourth-order valence-electron chi connectivity index (χ4n) is 0.978. The van der Waals surface area contributed by atoms with Crippen LogP contribution in [0, 0.1) is 6.92 Å². The average molecular weight is 241 g/mol. The van der Waals surface area contributed by atoms with E-state index in [1.165, 1.54) is 0 Å². The highest BCUT2D eigenvalue weighted by molar-refractivity contribution is 9.10. The van der Waals surface area contributed by atoms with E-state index in [0.717, 1.165) is 22.1 Å². The number of hydrogen-bond acceptors (Lipinski definition) is 1. The molecule has 1 aromatic carbocycles. The highest BCUT2D eigenvalue weighted by Crippen LogP contribution is 2.22. The molecule has 0 atom stereocenters. The van der Waals surface area contributed by atoms with Crippen LogP contribution in [0.5, 0.6) is 0 Å². The number of rotatable bonds is 2. The third-order valence-electron chi connectivity index (χ3n) is 1.79. The molecule has 2 nitrogen and oxygen atoms in total. The van der Waals surface area contributed by atoms with E-state index in [-0.39, 0.29) is 0 Å². The third-order valence-corrected chi connectivity index (χ3v) is 2.28. The molecule has 0 saturated carbocycles. The number of nitrogens with zero attached hydrogens (tertiary/aromatic N) is 1. The van der Waals surface area contributed by atoms with Gasteiger partial charge in [-0.15, -0.1) is 0 Å². The quantitative estimate of drug-likeness (QED) is 0.626. The number of aryl methyl sites for hydroxylation is 1. The second-order valence-corrected chi connectivity index (χ2v) is 3.80. The van der Waals surface area contributed by atoms with Crippen molar-refractivity contribution in [3.63, 3.8) is 0 Å². The van der Waals surface area contributed by atoms with Crippen LogP contribution in [0.2, 0.25) is 0 Å². The molecule has 1 aromatic rings. The molecule has 0 bridgehead atoms. The Morgan fingerprint density at radius 1 is 1.54 bits per heavy atom. The van der Waals surface area contributed by atoms with Gasteiger partial charge in [-0.05, 0) is 30.7 Å². The first-order chi connectivity index (χ1) is 6.13. The summed E-state index contributed by atoms with van der Waals surface area (Å²) in [7, 11) is 0. The zero-order valence-corrected chi connectivity index (χ0v) is 9.43. The lowest BCUT2D eigenvalue weighted by molar-refractivity contribution is 1.23. The van der Waals surface area contributed by atoms with Gasteiger partial charge in [0.15, 0.2) is 0 Å². The Hall–Kier alpha value is -0.830. The summed E-state index contributed by atoms with van der Waals surface area (Å²) in [6.07, 6.45) is 0.787. The highest BCUT2D eigenvalue weighted by atomic mass is 79.9. The molecular formula is C10H13BrN2. The number of benzene rings is 1. The van der Waals surface area contributed by atoms with Crippen molar-refractivity contribution in [2.45, 2.75) is 20.3 Å². The molecule has 0 heterocycles. The molecule has 13 heavy (non-hydrogen) atoms. The van der Waals surface area contributed by atoms with Gasteiger partial charge in [-0.3, -0.25) is 0 Å². The fraction of sp³-hybridized carbons (Fsp3) is 0.300. The lowest BCUT2D eigenvalue weighted by Gasteiger charge is -2.01. The maximum absolute atomic E-state index is 5.65. The predicted octanol–water partition coefficient (Wildman–Crippen LogP) is 3.16. The Labute approximate surface area is 87.0 Å². The zero-order chi connectivity index (χ0) is 9.84. The van der Waals surface area contributed by atoms with Crippen molar-refractivity contribution in [3.8, 4) is 0 Å². The van der Waals surface area contributed by atoms with Gasteiger partial charge >= 0.3 is 0 Å². The van der Waals surface area contributed by atoms with Gasteiger partial charge in [0.2, 0.25) is 0 Å². The minimum Gasteiger partial charge on any atom is -0.387 e. The Balaban J connectivity index is 3.03. The maximum Gasteiger partial charge on any atom is 0.0993 e. The van der Waals surface area contributed by atoms with Gasteiger partial charge in [-0.25, -0.2) is 4.99 Å². The lowest BCUT2D eigenvalue weighted by Crippen LogP contribution is -2.08. The summed E-state index contributed by atoms with van der Waals surface area (Å²) < 4.78 is 1.07. The third kappa shape index (κ3) is 2.84. The van der Waals surface area contributed by atoms with Gasteiger partial charge < -0.3 is 5.73 Å². The summed E-state index contributed by atoms with van der Waals surface area (Å²) in [5.74, 6) is 0.672. The molecule has 2 N–H and O–H groups in total. The van der Waals surface area contributed by atoms with Crippen LogP contribution in [0.25, 0.3) is 0 Å². The number of hydrogen-bond donors (Lipinski definition) is 1. The maximum atomic E-state index is 5.65. The number of amidine groups is 1. The van der Waals surface area contributed by atoms with E-state index in [9.17, 15) is 0 Å². The molecule has 0 fully saturated rings. The van der Waals surface area contributed by atoms with E-state index in [4.69, 9.17) is 5.73 Å². The van der Waals surface area contributed by atoms with E-state index in [1.54, 1.807) is 0 Å². The molecule has 3 heteroatoms. The van der Waals surface area contributed by atoms with E-state index in [0.29, 0.717) is 5.84 Å². The Morgan fingerprint density at radius 3 is 2.77 bits per heavy atom. The van der Waals surface area contributed by atoms with Crippen molar-refractivity contribution in [3.05, 3.63) is 28.2 Å². The molecule has 0 radical (unpaired) electrons. The average Bonchev–Trinajstić information content (AvgIpc) is 2.09. The van der Waals surface area contributed by atoms with Gasteiger partial charge in [0.25, 0.3) is 0 Å². The van der Waals surface area contributed by atoms with Crippen molar-refractivity contribution in [1.82, 2.24) is 0 Å². The summed E-state index contributed by atoms with van der Waals surface area (Å²) in [6, 6.07) is 5.96. The van der Waals surface area contributed by atoms with Gasteiger partial charge in [0.1, 0.15) is 0 Å². The minimum absolute atomic E-state index is 0.672. The molecule has 0 aliphatic carbocycles. The Kier molecular flexibility index (Phi) is 3.48.